The Bertz CT molecular complexity index is 1590. The fraction of sp³-hybridized carbons (Fsp3) is 0.194. The maximum absolute atomic E-state index is 14.1. The third-order valence-electron chi connectivity index (χ3n) is 7.87. The normalized spacial score (nSPS) is 25.0. The number of hydrogen-bond acceptors (Lipinski definition) is 4. The summed E-state index contributed by atoms with van der Waals surface area (Å²) >= 11 is 0. The molecule has 0 spiro atoms. The van der Waals surface area contributed by atoms with Gasteiger partial charge in [0, 0.05) is 29.6 Å². The summed E-state index contributed by atoms with van der Waals surface area (Å²) in [6.07, 6.45) is 5.52. The molecule has 38 heavy (non-hydrogen) atoms. The van der Waals surface area contributed by atoms with Gasteiger partial charge in [-0.05, 0) is 35.7 Å². The number of hydrogen-bond donors (Lipinski definition) is 3. The number of H-pyrrole nitrogens is 1. The highest BCUT2D eigenvalue weighted by molar-refractivity contribution is 6.24. The van der Waals surface area contributed by atoms with Crippen LogP contribution in [0.1, 0.15) is 16.7 Å². The highest BCUT2D eigenvalue weighted by Crippen LogP contribution is 2.47. The summed E-state index contributed by atoms with van der Waals surface area (Å²) in [6, 6.07) is 23.8. The smallest absolute Gasteiger partial charge is 0.325 e. The predicted octanol–water partition coefficient (Wildman–Crippen LogP) is 4.33. The molecular formula is C31H27N3O4. The molecule has 7 heteroatoms. The third-order valence-corrected chi connectivity index (χ3v) is 7.87. The highest BCUT2D eigenvalue weighted by atomic mass is 16.4. The first-order valence-electron chi connectivity index (χ1n) is 12.6. The van der Waals surface area contributed by atoms with E-state index in [0.717, 1.165) is 27.6 Å². The molecular weight excluding hydrogens is 478 g/mol. The van der Waals surface area contributed by atoms with Gasteiger partial charge in [-0.25, -0.2) is 4.90 Å². The Morgan fingerprint density at radius 3 is 2.45 bits per heavy atom. The van der Waals surface area contributed by atoms with E-state index in [-0.39, 0.29) is 12.3 Å². The number of carboxylic acids is 1. The number of nitrogens with zero attached hydrogens (tertiary/aromatic N) is 1. The molecule has 2 fully saturated rings. The van der Waals surface area contributed by atoms with Crippen molar-refractivity contribution in [1.82, 2.24) is 10.3 Å². The van der Waals surface area contributed by atoms with E-state index in [4.69, 9.17) is 0 Å². The van der Waals surface area contributed by atoms with E-state index in [9.17, 15) is 19.5 Å². The summed E-state index contributed by atoms with van der Waals surface area (Å²) in [5.74, 6) is -3.96. The molecule has 2 amide bonds. The molecule has 4 aromatic rings. The Kier molecular flexibility index (Phi) is 5.73. The van der Waals surface area contributed by atoms with Crippen molar-refractivity contribution in [1.29, 1.82) is 0 Å². The zero-order chi connectivity index (χ0) is 26.4. The summed E-state index contributed by atoms with van der Waals surface area (Å²) in [7, 11) is 0. The van der Waals surface area contributed by atoms with Crippen molar-refractivity contribution in [3.8, 4) is 0 Å². The number of benzene rings is 3. The highest BCUT2D eigenvalue weighted by Gasteiger charge is 2.68. The number of carboxylic acid groups (broad SMARTS) is 1. The molecule has 7 nitrogen and oxygen atoms in total. The lowest BCUT2D eigenvalue weighted by Crippen LogP contribution is -2.58. The van der Waals surface area contributed by atoms with E-state index in [1.165, 1.54) is 4.90 Å². The van der Waals surface area contributed by atoms with Gasteiger partial charge in [-0.3, -0.25) is 19.7 Å². The molecule has 1 aromatic heterocycles. The van der Waals surface area contributed by atoms with Gasteiger partial charge < -0.3 is 10.1 Å². The third kappa shape index (κ3) is 3.66. The van der Waals surface area contributed by atoms with Crippen molar-refractivity contribution in [2.75, 3.05) is 4.90 Å². The van der Waals surface area contributed by atoms with Crippen LogP contribution in [-0.4, -0.2) is 39.5 Å². The number of fused-ring (bicyclic) bond motifs is 2. The van der Waals surface area contributed by atoms with Crippen molar-refractivity contribution >= 4 is 40.4 Å². The number of aryl methyl sites for hydroxylation is 1. The number of nitrogens with one attached hydrogen (secondary N) is 2. The second-order valence-corrected chi connectivity index (χ2v) is 10.1. The van der Waals surface area contributed by atoms with Crippen molar-refractivity contribution < 1.29 is 19.5 Å². The van der Waals surface area contributed by atoms with Crippen LogP contribution in [0.4, 0.5) is 5.69 Å². The van der Waals surface area contributed by atoms with Crippen LogP contribution in [0.15, 0.2) is 91.1 Å². The van der Waals surface area contributed by atoms with Crippen LogP contribution >= 0.6 is 0 Å². The van der Waals surface area contributed by atoms with Gasteiger partial charge in [0.15, 0.2) is 0 Å². The number of anilines is 1. The van der Waals surface area contributed by atoms with Crippen LogP contribution in [0.3, 0.4) is 0 Å². The zero-order valence-electron chi connectivity index (χ0n) is 20.8. The zero-order valence-corrected chi connectivity index (χ0v) is 20.8. The summed E-state index contributed by atoms with van der Waals surface area (Å²) in [5.41, 5.74) is 2.17. The van der Waals surface area contributed by atoms with E-state index in [1.54, 1.807) is 18.3 Å². The Morgan fingerprint density at radius 2 is 1.68 bits per heavy atom. The average Bonchev–Trinajstić information content (AvgIpc) is 3.56. The molecule has 190 valence electrons. The molecule has 6 rings (SSSR count). The lowest BCUT2D eigenvalue weighted by molar-refractivity contribution is -0.148. The monoisotopic (exact) mass is 505 g/mol. The number of aromatic nitrogens is 1. The van der Waals surface area contributed by atoms with Crippen LogP contribution in [0.25, 0.3) is 17.0 Å². The molecule has 0 radical (unpaired) electrons. The number of para-hydroxylation sites is 2. The molecule has 4 atom stereocenters. The quantitative estimate of drug-likeness (QED) is 0.339. The van der Waals surface area contributed by atoms with Gasteiger partial charge in [-0.2, -0.15) is 0 Å². The van der Waals surface area contributed by atoms with E-state index in [2.05, 4.69) is 10.3 Å². The van der Waals surface area contributed by atoms with Crippen LogP contribution in [0, 0.1) is 18.8 Å². The van der Waals surface area contributed by atoms with Crippen LogP contribution < -0.4 is 10.2 Å². The van der Waals surface area contributed by atoms with Gasteiger partial charge in [0.25, 0.3) is 0 Å². The summed E-state index contributed by atoms with van der Waals surface area (Å²) in [4.78, 5) is 45.5. The van der Waals surface area contributed by atoms with E-state index < -0.39 is 35.3 Å². The van der Waals surface area contributed by atoms with Gasteiger partial charge >= 0.3 is 5.97 Å². The summed E-state index contributed by atoms with van der Waals surface area (Å²) < 4.78 is 0. The second kappa shape index (κ2) is 9.11. The number of imide groups is 1. The van der Waals surface area contributed by atoms with Crippen LogP contribution in [0.5, 0.6) is 0 Å². The molecule has 2 aliphatic heterocycles. The van der Waals surface area contributed by atoms with E-state index in [1.807, 2.05) is 85.8 Å². The summed E-state index contributed by atoms with van der Waals surface area (Å²) in [6.45, 7) is 1.84. The van der Waals surface area contributed by atoms with Gasteiger partial charge in [0.2, 0.25) is 11.8 Å². The van der Waals surface area contributed by atoms with Gasteiger partial charge in [-0.15, -0.1) is 0 Å². The minimum Gasteiger partial charge on any atom is -0.480 e. The number of carbonyl (C=O) groups is 3. The van der Waals surface area contributed by atoms with E-state index in [0.29, 0.717) is 5.69 Å². The number of carbonyl (C=O) groups excluding carboxylic acids is 2. The minimum atomic E-state index is -1.68. The predicted molar refractivity (Wildman–Crippen MR) is 145 cm³/mol. The first kappa shape index (κ1) is 23.9. The molecule has 2 saturated heterocycles. The number of aliphatic carboxylic acids is 1. The number of rotatable bonds is 6. The largest absolute Gasteiger partial charge is 0.480 e. The average molecular weight is 506 g/mol. The number of aromatic amines is 1. The van der Waals surface area contributed by atoms with Crippen molar-refractivity contribution in [3.05, 3.63) is 108 Å². The first-order valence-corrected chi connectivity index (χ1v) is 12.6. The molecule has 3 aromatic carbocycles. The van der Waals surface area contributed by atoms with Gasteiger partial charge in [0.05, 0.1) is 17.5 Å². The van der Waals surface area contributed by atoms with Crippen LogP contribution in [0.2, 0.25) is 0 Å². The standard InChI is InChI=1S/C31H27N3O4/c1-19-9-5-8-14-25(19)34-28(35)26-24(16-15-20-10-3-2-4-11-20)33-31(30(37)38,27(26)29(34)36)17-21-18-32-23-13-7-6-12-22(21)23/h2-16,18,24,26-27,32-33H,17H2,1H3,(H,37,38). The molecule has 0 bridgehead atoms. The Labute approximate surface area is 219 Å². The Morgan fingerprint density at radius 1 is 0.974 bits per heavy atom. The Balaban J connectivity index is 1.48. The minimum absolute atomic E-state index is 0.0455. The first-order chi connectivity index (χ1) is 18.4. The second-order valence-electron chi connectivity index (χ2n) is 10.1. The number of amides is 2. The molecule has 3 N–H and O–H groups in total. The van der Waals surface area contributed by atoms with Gasteiger partial charge in [0.1, 0.15) is 5.54 Å². The lowest BCUT2D eigenvalue weighted by Gasteiger charge is -2.31. The van der Waals surface area contributed by atoms with Gasteiger partial charge in [-0.1, -0.05) is 78.9 Å². The maximum Gasteiger partial charge on any atom is 0.325 e. The fourth-order valence-corrected chi connectivity index (χ4v) is 6.06. The fourth-order valence-electron chi connectivity index (χ4n) is 6.06. The van der Waals surface area contributed by atoms with Crippen molar-refractivity contribution in [3.63, 3.8) is 0 Å². The summed E-state index contributed by atoms with van der Waals surface area (Å²) in [5, 5.41) is 14.9. The van der Waals surface area contributed by atoms with Crippen molar-refractivity contribution in [2.24, 2.45) is 11.8 Å². The van der Waals surface area contributed by atoms with Crippen molar-refractivity contribution in [2.45, 2.75) is 24.9 Å². The SMILES string of the molecule is Cc1ccccc1N1C(=O)C2C(C=Cc3ccccc3)NC(Cc3c[nH]c4ccccc34)(C(=O)O)C2C1=O. The molecule has 3 heterocycles. The Hall–Kier alpha value is -4.49. The van der Waals surface area contributed by atoms with Crippen LogP contribution in [-0.2, 0) is 20.8 Å². The molecule has 0 aliphatic carbocycles. The lowest BCUT2D eigenvalue weighted by atomic mass is 9.76. The topological polar surface area (TPSA) is 102 Å². The van der Waals surface area contributed by atoms with E-state index >= 15 is 0 Å². The maximum atomic E-state index is 14.1. The molecule has 2 aliphatic rings. The molecule has 0 saturated carbocycles. The molecule has 4 unspecified atom stereocenters.